The number of aryl methyl sites for hydroxylation is 1. The number of nitrogens with zero attached hydrogens (tertiary/aromatic N) is 3. The van der Waals surface area contributed by atoms with Crippen LogP contribution in [0.5, 0.6) is 0 Å². The molecule has 1 aromatic heterocycles. The van der Waals surface area contributed by atoms with Crippen molar-refractivity contribution in [1.82, 2.24) is 15.0 Å². The van der Waals surface area contributed by atoms with Crippen LogP contribution in [-0.2, 0) is 9.53 Å². The van der Waals surface area contributed by atoms with E-state index in [1.807, 2.05) is 4.90 Å². The largest absolute Gasteiger partial charge is 0.365 e. The van der Waals surface area contributed by atoms with E-state index in [1.54, 1.807) is 6.92 Å². The predicted molar refractivity (Wildman–Crippen MR) is 61.6 cm³/mol. The Hall–Kier alpha value is -1.43. The molecule has 0 bridgehead atoms. The van der Waals surface area contributed by atoms with Crippen molar-refractivity contribution in [1.29, 1.82) is 0 Å². The summed E-state index contributed by atoms with van der Waals surface area (Å²) in [6.45, 7) is 3.49. The molecule has 1 aliphatic heterocycles. The molecule has 3 rings (SSSR count). The number of rotatable bonds is 2. The van der Waals surface area contributed by atoms with Crippen LogP contribution in [0.15, 0.2) is 4.52 Å². The second-order valence-electron chi connectivity index (χ2n) is 4.95. The summed E-state index contributed by atoms with van der Waals surface area (Å²) in [6, 6.07) is 0. The molecule has 2 heterocycles. The van der Waals surface area contributed by atoms with Gasteiger partial charge in [0.2, 0.25) is 5.91 Å². The first kappa shape index (κ1) is 11.6. The van der Waals surface area contributed by atoms with Gasteiger partial charge in [-0.1, -0.05) is 11.6 Å². The van der Waals surface area contributed by atoms with Crippen LogP contribution < -0.4 is 0 Å². The van der Waals surface area contributed by atoms with E-state index in [0.29, 0.717) is 31.4 Å². The maximum Gasteiger partial charge on any atom is 0.257 e. The molecule has 1 aromatic rings. The van der Waals surface area contributed by atoms with Gasteiger partial charge in [0.1, 0.15) is 0 Å². The molecule has 0 unspecified atom stereocenters. The maximum absolute atomic E-state index is 12.2. The fourth-order valence-electron chi connectivity index (χ4n) is 2.36. The van der Waals surface area contributed by atoms with Gasteiger partial charge in [-0.05, 0) is 19.8 Å². The number of carbonyl (C=O) groups is 1. The molecule has 1 aliphatic carbocycles. The first-order valence-electron chi connectivity index (χ1n) is 6.44. The SMILES string of the molecule is Cc1noc([C@@H]2CN(C(=O)C3CCC3)CCO2)n1. The van der Waals surface area contributed by atoms with E-state index < -0.39 is 0 Å². The molecule has 6 heteroatoms. The number of morpholine rings is 1. The summed E-state index contributed by atoms with van der Waals surface area (Å²) < 4.78 is 10.7. The van der Waals surface area contributed by atoms with Crippen LogP contribution in [0, 0.1) is 12.8 Å². The summed E-state index contributed by atoms with van der Waals surface area (Å²) in [4.78, 5) is 18.2. The van der Waals surface area contributed by atoms with Crippen molar-refractivity contribution < 1.29 is 14.1 Å². The van der Waals surface area contributed by atoms with Crippen LogP contribution in [0.25, 0.3) is 0 Å². The van der Waals surface area contributed by atoms with Gasteiger partial charge in [-0.2, -0.15) is 4.98 Å². The third-order valence-electron chi connectivity index (χ3n) is 3.65. The molecule has 2 fully saturated rings. The van der Waals surface area contributed by atoms with E-state index in [-0.39, 0.29) is 17.9 Å². The van der Waals surface area contributed by atoms with Gasteiger partial charge in [0.05, 0.1) is 13.2 Å². The van der Waals surface area contributed by atoms with Crippen molar-refractivity contribution >= 4 is 5.91 Å². The second-order valence-corrected chi connectivity index (χ2v) is 4.95. The van der Waals surface area contributed by atoms with E-state index in [4.69, 9.17) is 9.26 Å². The van der Waals surface area contributed by atoms with E-state index in [9.17, 15) is 4.79 Å². The predicted octanol–water partition coefficient (Wildman–Crippen LogP) is 1.08. The molecule has 0 aromatic carbocycles. The molecule has 2 aliphatic rings. The highest BCUT2D eigenvalue weighted by Gasteiger charge is 2.34. The molecule has 6 nitrogen and oxygen atoms in total. The highest BCUT2D eigenvalue weighted by Crippen LogP contribution is 2.30. The van der Waals surface area contributed by atoms with Crippen LogP contribution in [0.4, 0.5) is 0 Å². The van der Waals surface area contributed by atoms with Crippen molar-refractivity contribution in [2.24, 2.45) is 5.92 Å². The minimum Gasteiger partial charge on any atom is -0.365 e. The molecule has 0 radical (unpaired) electrons. The summed E-state index contributed by atoms with van der Waals surface area (Å²) in [5.41, 5.74) is 0. The average Bonchev–Trinajstić information content (AvgIpc) is 2.74. The number of carbonyl (C=O) groups excluding carboxylic acids is 1. The third-order valence-corrected chi connectivity index (χ3v) is 3.65. The van der Waals surface area contributed by atoms with Crippen LogP contribution in [-0.4, -0.2) is 40.6 Å². The van der Waals surface area contributed by atoms with Gasteiger partial charge >= 0.3 is 0 Å². The molecule has 1 saturated heterocycles. The lowest BCUT2D eigenvalue weighted by molar-refractivity contribution is -0.146. The Morgan fingerprint density at radius 3 is 2.89 bits per heavy atom. The quantitative estimate of drug-likeness (QED) is 0.786. The van der Waals surface area contributed by atoms with Crippen molar-refractivity contribution in [3.05, 3.63) is 11.7 Å². The summed E-state index contributed by atoms with van der Waals surface area (Å²) in [7, 11) is 0. The third kappa shape index (κ3) is 2.12. The normalized spacial score (nSPS) is 24.9. The van der Waals surface area contributed by atoms with Gasteiger partial charge in [0.15, 0.2) is 11.9 Å². The molecule has 1 amide bonds. The molecule has 1 saturated carbocycles. The van der Waals surface area contributed by atoms with Gasteiger partial charge < -0.3 is 14.2 Å². The minimum atomic E-state index is -0.274. The highest BCUT2D eigenvalue weighted by molar-refractivity contribution is 5.79. The van der Waals surface area contributed by atoms with Crippen molar-refractivity contribution in [3.8, 4) is 0 Å². The van der Waals surface area contributed by atoms with Crippen molar-refractivity contribution in [2.45, 2.75) is 32.3 Å². The van der Waals surface area contributed by atoms with Gasteiger partial charge in [-0.3, -0.25) is 4.79 Å². The fourth-order valence-corrected chi connectivity index (χ4v) is 2.36. The van der Waals surface area contributed by atoms with E-state index in [0.717, 1.165) is 12.8 Å². The Morgan fingerprint density at radius 1 is 1.44 bits per heavy atom. The van der Waals surface area contributed by atoms with Gasteiger partial charge in [-0.15, -0.1) is 0 Å². The molecule has 0 spiro atoms. The second kappa shape index (κ2) is 4.68. The standard InChI is InChI=1S/C12H17N3O3/c1-8-13-11(18-14-8)10-7-15(5-6-17-10)12(16)9-3-2-4-9/h9-10H,2-7H2,1H3/t10-/m0/s1. The van der Waals surface area contributed by atoms with Crippen LogP contribution >= 0.6 is 0 Å². The van der Waals surface area contributed by atoms with Gasteiger partial charge in [-0.25, -0.2) is 0 Å². The fraction of sp³-hybridized carbons (Fsp3) is 0.750. The lowest BCUT2D eigenvalue weighted by atomic mass is 9.84. The van der Waals surface area contributed by atoms with E-state index in [2.05, 4.69) is 10.1 Å². The Kier molecular flexibility index (Phi) is 3.03. The molecular formula is C12H17N3O3. The maximum atomic E-state index is 12.2. The van der Waals surface area contributed by atoms with E-state index >= 15 is 0 Å². The zero-order chi connectivity index (χ0) is 12.5. The summed E-state index contributed by atoms with van der Waals surface area (Å²) >= 11 is 0. The van der Waals surface area contributed by atoms with Gasteiger partial charge in [0.25, 0.3) is 5.89 Å². The number of amides is 1. The number of hydrogen-bond acceptors (Lipinski definition) is 5. The summed E-state index contributed by atoms with van der Waals surface area (Å²) in [5.74, 6) is 1.55. The number of ether oxygens (including phenoxy) is 1. The van der Waals surface area contributed by atoms with Crippen molar-refractivity contribution in [2.75, 3.05) is 19.7 Å². The zero-order valence-electron chi connectivity index (χ0n) is 10.5. The van der Waals surface area contributed by atoms with E-state index in [1.165, 1.54) is 6.42 Å². The molecule has 98 valence electrons. The smallest absolute Gasteiger partial charge is 0.257 e. The minimum absolute atomic E-state index is 0.230. The highest BCUT2D eigenvalue weighted by atomic mass is 16.5. The van der Waals surface area contributed by atoms with Crippen molar-refractivity contribution in [3.63, 3.8) is 0 Å². The average molecular weight is 251 g/mol. The molecular weight excluding hydrogens is 234 g/mol. The lowest BCUT2D eigenvalue weighted by Gasteiger charge is -2.36. The van der Waals surface area contributed by atoms with Crippen LogP contribution in [0.3, 0.4) is 0 Å². The Balaban J connectivity index is 1.66. The summed E-state index contributed by atoms with van der Waals surface area (Å²) in [5, 5.41) is 3.75. The number of hydrogen-bond donors (Lipinski definition) is 0. The molecule has 18 heavy (non-hydrogen) atoms. The summed E-state index contributed by atoms with van der Waals surface area (Å²) in [6.07, 6.45) is 2.96. The monoisotopic (exact) mass is 251 g/mol. The first-order chi connectivity index (χ1) is 8.74. The lowest BCUT2D eigenvalue weighted by Crippen LogP contribution is -2.46. The van der Waals surface area contributed by atoms with Gasteiger partial charge in [0, 0.05) is 12.5 Å². The zero-order valence-corrected chi connectivity index (χ0v) is 10.5. The Morgan fingerprint density at radius 2 is 2.28 bits per heavy atom. The Labute approximate surface area is 105 Å². The van der Waals surface area contributed by atoms with Crippen LogP contribution in [0.1, 0.15) is 37.1 Å². The Bertz CT molecular complexity index is 442. The molecule has 1 atom stereocenters. The topological polar surface area (TPSA) is 68.5 Å². The van der Waals surface area contributed by atoms with Crippen LogP contribution in [0.2, 0.25) is 0 Å². The number of aromatic nitrogens is 2. The molecule has 0 N–H and O–H groups in total. The first-order valence-corrected chi connectivity index (χ1v) is 6.44.